The van der Waals surface area contributed by atoms with Crippen LogP contribution in [0.5, 0.6) is 0 Å². The Morgan fingerprint density at radius 2 is 2.08 bits per heavy atom. The minimum atomic E-state index is 0.0330. The highest BCUT2D eigenvalue weighted by Gasteiger charge is 2.32. The van der Waals surface area contributed by atoms with Gasteiger partial charge < -0.3 is 20.5 Å². The van der Waals surface area contributed by atoms with Crippen LogP contribution in [0.4, 0.5) is 5.82 Å². The monoisotopic (exact) mass is 343 g/mol. The van der Waals surface area contributed by atoms with Crippen molar-refractivity contribution in [1.29, 1.82) is 0 Å². The Morgan fingerprint density at radius 1 is 1.28 bits per heavy atom. The number of carbonyl (C=O) groups is 1. The second-order valence-corrected chi connectivity index (χ2v) is 7.14. The fraction of sp³-hybridized carbons (Fsp3) is 0.647. The summed E-state index contributed by atoms with van der Waals surface area (Å²) in [6, 6.07) is 0.605. The highest BCUT2D eigenvalue weighted by molar-refractivity contribution is 5.82. The second-order valence-electron chi connectivity index (χ2n) is 7.14. The topological polar surface area (TPSA) is 96.8 Å². The third kappa shape index (κ3) is 3.44. The Bertz CT molecular complexity index is 747. The van der Waals surface area contributed by atoms with Crippen LogP contribution in [0.3, 0.4) is 0 Å². The molecular formula is C17H25N7O. The highest BCUT2D eigenvalue weighted by atomic mass is 16.1. The van der Waals surface area contributed by atoms with Crippen LogP contribution in [0.15, 0.2) is 12.7 Å². The first-order valence-electron chi connectivity index (χ1n) is 9.10. The lowest BCUT2D eigenvalue weighted by molar-refractivity contribution is -0.120. The molecule has 0 aromatic carbocycles. The van der Waals surface area contributed by atoms with Crippen LogP contribution in [-0.2, 0) is 4.79 Å². The van der Waals surface area contributed by atoms with Gasteiger partial charge in [-0.25, -0.2) is 15.0 Å². The Morgan fingerprint density at radius 3 is 2.84 bits per heavy atom. The molecule has 1 saturated carbocycles. The molecule has 1 amide bonds. The predicted octanol–water partition coefficient (Wildman–Crippen LogP) is 1.08. The van der Waals surface area contributed by atoms with Crippen molar-refractivity contribution in [2.75, 3.05) is 25.0 Å². The third-order valence-corrected chi connectivity index (χ3v) is 5.29. The van der Waals surface area contributed by atoms with Gasteiger partial charge in [0.25, 0.3) is 0 Å². The van der Waals surface area contributed by atoms with Crippen LogP contribution in [0.25, 0.3) is 11.2 Å². The van der Waals surface area contributed by atoms with Crippen LogP contribution in [0.1, 0.15) is 38.6 Å². The fourth-order valence-electron chi connectivity index (χ4n) is 3.80. The van der Waals surface area contributed by atoms with Crippen molar-refractivity contribution < 1.29 is 4.79 Å². The average molecular weight is 343 g/mol. The van der Waals surface area contributed by atoms with E-state index in [1.54, 1.807) is 13.3 Å². The number of nitrogens with one attached hydrogen (secondary N) is 3. The molecular weight excluding hydrogens is 318 g/mol. The van der Waals surface area contributed by atoms with Crippen molar-refractivity contribution in [3.8, 4) is 0 Å². The third-order valence-electron chi connectivity index (χ3n) is 5.29. The first kappa shape index (κ1) is 16.3. The summed E-state index contributed by atoms with van der Waals surface area (Å²) in [7, 11) is 0. The number of fused-ring (bicyclic) bond motifs is 1. The van der Waals surface area contributed by atoms with Crippen LogP contribution < -0.4 is 16.0 Å². The van der Waals surface area contributed by atoms with Crippen LogP contribution in [-0.4, -0.2) is 51.1 Å². The maximum Gasteiger partial charge on any atom is 0.217 e. The molecule has 2 aromatic heterocycles. The largest absolute Gasteiger partial charge is 0.368 e. The van der Waals surface area contributed by atoms with E-state index >= 15 is 0 Å². The van der Waals surface area contributed by atoms with Crippen molar-refractivity contribution in [3.05, 3.63) is 12.7 Å². The molecule has 2 fully saturated rings. The van der Waals surface area contributed by atoms with Gasteiger partial charge in [0, 0.05) is 25.6 Å². The maximum atomic E-state index is 11.1. The number of piperidine rings is 1. The Hall–Kier alpha value is -2.22. The first-order chi connectivity index (χ1) is 12.2. The van der Waals surface area contributed by atoms with Gasteiger partial charge in [-0.15, -0.1) is 0 Å². The fourth-order valence-corrected chi connectivity index (χ4v) is 3.80. The van der Waals surface area contributed by atoms with E-state index in [0.717, 1.165) is 49.5 Å². The van der Waals surface area contributed by atoms with Gasteiger partial charge in [-0.1, -0.05) is 0 Å². The molecule has 0 radical (unpaired) electrons. The summed E-state index contributed by atoms with van der Waals surface area (Å²) in [5.41, 5.74) is 1.70. The number of imidazole rings is 1. The lowest BCUT2D eigenvalue weighted by Gasteiger charge is -2.36. The van der Waals surface area contributed by atoms with Crippen LogP contribution >= 0.6 is 0 Å². The molecule has 1 saturated heterocycles. The number of hydrogen-bond donors (Lipinski definition) is 3. The van der Waals surface area contributed by atoms with Crippen molar-refractivity contribution in [1.82, 2.24) is 30.2 Å². The molecule has 1 aliphatic heterocycles. The van der Waals surface area contributed by atoms with Gasteiger partial charge in [0.1, 0.15) is 11.8 Å². The summed E-state index contributed by atoms with van der Waals surface area (Å²) in [5.74, 6) is 1.53. The van der Waals surface area contributed by atoms with E-state index < -0.39 is 0 Å². The minimum Gasteiger partial charge on any atom is -0.368 e. The molecule has 0 unspecified atom stereocenters. The molecule has 2 aromatic rings. The maximum absolute atomic E-state index is 11.1. The molecule has 0 spiro atoms. The molecule has 3 N–H and O–H groups in total. The summed E-state index contributed by atoms with van der Waals surface area (Å²) in [6.07, 6.45) is 7.70. The zero-order chi connectivity index (χ0) is 17.2. The zero-order valence-electron chi connectivity index (χ0n) is 14.5. The Labute approximate surface area is 146 Å². The average Bonchev–Trinajstić information content (AvgIpc) is 3.01. The zero-order valence-corrected chi connectivity index (χ0v) is 14.5. The number of anilines is 1. The molecule has 1 aliphatic carbocycles. The molecule has 134 valence electrons. The Balaban J connectivity index is 1.44. The minimum absolute atomic E-state index is 0.0330. The summed E-state index contributed by atoms with van der Waals surface area (Å²) < 4.78 is 2.12. The summed E-state index contributed by atoms with van der Waals surface area (Å²) in [4.78, 5) is 24.5. The van der Waals surface area contributed by atoms with Crippen molar-refractivity contribution in [2.45, 2.75) is 44.7 Å². The van der Waals surface area contributed by atoms with Gasteiger partial charge in [-0.05, 0) is 44.7 Å². The van der Waals surface area contributed by atoms with Gasteiger partial charge in [-0.2, -0.15) is 0 Å². The van der Waals surface area contributed by atoms with E-state index in [1.165, 1.54) is 12.8 Å². The van der Waals surface area contributed by atoms with Gasteiger partial charge in [-0.3, -0.25) is 4.79 Å². The van der Waals surface area contributed by atoms with E-state index in [1.807, 2.05) is 6.33 Å². The van der Waals surface area contributed by atoms with Gasteiger partial charge in [0.15, 0.2) is 11.5 Å². The van der Waals surface area contributed by atoms with Crippen molar-refractivity contribution in [3.63, 3.8) is 0 Å². The van der Waals surface area contributed by atoms with Gasteiger partial charge in [0.05, 0.1) is 6.33 Å². The standard InChI is InChI=1S/C17H25N7O/c1-11(25)23-13-6-14(7-13)24-10-22-15-16(20-9-21-17(15)24)19-8-12-2-4-18-5-3-12/h9-10,12-14,18H,2-8H2,1H3,(H,23,25)(H,19,20,21). The molecule has 0 bridgehead atoms. The van der Waals surface area contributed by atoms with E-state index in [9.17, 15) is 4.79 Å². The summed E-state index contributed by atoms with van der Waals surface area (Å²) in [5, 5.41) is 9.82. The van der Waals surface area contributed by atoms with Crippen LogP contribution in [0, 0.1) is 5.92 Å². The van der Waals surface area contributed by atoms with Crippen molar-refractivity contribution >= 4 is 22.9 Å². The second kappa shape index (κ2) is 6.95. The molecule has 0 atom stereocenters. The van der Waals surface area contributed by atoms with E-state index in [2.05, 4.69) is 35.5 Å². The molecule has 4 rings (SSSR count). The molecule has 8 nitrogen and oxygen atoms in total. The smallest absolute Gasteiger partial charge is 0.217 e. The Kier molecular flexibility index (Phi) is 4.52. The summed E-state index contributed by atoms with van der Waals surface area (Å²) >= 11 is 0. The SMILES string of the molecule is CC(=O)NC1CC(n2cnc3c(NCC4CCNCC4)ncnc32)C1. The molecule has 3 heterocycles. The number of rotatable bonds is 5. The van der Waals surface area contributed by atoms with Crippen molar-refractivity contribution in [2.24, 2.45) is 5.92 Å². The summed E-state index contributed by atoms with van der Waals surface area (Å²) in [6.45, 7) is 4.68. The predicted molar refractivity (Wildman–Crippen MR) is 95.3 cm³/mol. The first-order valence-corrected chi connectivity index (χ1v) is 9.10. The van der Waals surface area contributed by atoms with E-state index in [0.29, 0.717) is 12.0 Å². The molecule has 25 heavy (non-hydrogen) atoms. The van der Waals surface area contributed by atoms with E-state index in [4.69, 9.17) is 0 Å². The quantitative estimate of drug-likeness (QED) is 0.752. The number of aromatic nitrogens is 4. The van der Waals surface area contributed by atoms with Crippen LogP contribution in [0.2, 0.25) is 0 Å². The van der Waals surface area contributed by atoms with Gasteiger partial charge in [0.2, 0.25) is 5.91 Å². The molecule has 8 heteroatoms. The lowest BCUT2D eigenvalue weighted by Crippen LogP contribution is -2.44. The highest BCUT2D eigenvalue weighted by Crippen LogP contribution is 2.34. The lowest BCUT2D eigenvalue weighted by atomic mass is 9.86. The number of carbonyl (C=O) groups excluding carboxylic acids is 1. The van der Waals surface area contributed by atoms with Gasteiger partial charge >= 0.3 is 0 Å². The number of hydrogen-bond acceptors (Lipinski definition) is 6. The normalized spacial score (nSPS) is 24.0. The molecule has 2 aliphatic rings. The number of nitrogens with zero attached hydrogens (tertiary/aromatic N) is 4. The number of amides is 1. The van der Waals surface area contributed by atoms with E-state index in [-0.39, 0.29) is 11.9 Å².